The van der Waals surface area contributed by atoms with E-state index in [1.165, 1.54) is 53.8 Å². The highest BCUT2D eigenvalue weighted by atomic mass is 79.9. The van der Waals surface area contributed by atoms with Crippen LogP contribution in [0.2, 0.25) is 0 Å². The molecule has 6 rings (SSSR count). The minimum atomic E-state index is 0.363. The molecule has 2 atom stereocenters. The normalized spacial score (nSPS) is 17.8. The first-order chi connectivity index (χ1) is 16.2. The highest BCUT2D eigenvalue weighted by Crippen LogP contribution is 2.45. The van der Waals surface area contributed by atoms with Crippen molar-refractivity contribution >= 4 is 43.6 Å². The number of hydrogen-bond donors (Lipinski definition) is 0. The lowest BCUT2D eigenvalue weighted by Gasteiger charge is -2.24. The van der Waals surface area contributed by atoms with Gasteiger partial charge in [0.15, 0.2) is 0 Å². The smallest absolute Gasteiger partial charge is 0.0329 e. The Hall–Kier alpha value is -3.16. The van der Waals surface area contributed by atoms with E-state index < -0.39 is 0 Å². The van der Waals surface area contributed by atoms with Crippen molar-refractivity contribution in [3.8, 4) is 11.1 Å². The molecule has 0 saturated carbocycles. The van der Waals surface area contributed by atoms with E-state index in [4.69, 9.17) is 0 Å². The van der Waals surface area contributed by atoms with Crippen LogP contribution in [0.3, 0.4) is 0 Å². The summed E-state index contributed by atoms with van der Waals surface area (Å²) < 4.78 is 1.20. The Morgan fingerprint density at radius 2 is 1.36 bits per heavy atom. The average Bonchev–Trinajstić information content (AvgIpc) is 3.03. The fourth-order valence-corrected chi connectivity index (χ4v) is 6.29. The van der Waals surface area contributed by atoms with Crippen molar-refractivity contribution in [1.29, 1.82) is 0 Å². The van der Waals surface area contributed by atoms with E-state index in [-0.39, 0.29) is 0 Å². The highest BCUT2D eigenvalue weighted by Gasteiger charge is 2.27. The number of fused-ring (bicyclic) bond motifs is 3. The molecule has 5 aromatic carbocycles. The number of halogens is 1. The fraction of sp³-hybridized carbons (Fsp3) is 0.125. The summed E-state index contributed by atoms with van der Waals surface area (Å²) in [6.07, 6.45) is 5.84. The molecule has 0 nitrogen and oxygen atoms in total. The van der Waals surface area contributed by atoms with Gasteiger partial charge in [-0.1, -0.05) is 116 Å². The molecular weight excluding hydrogens is 464 g/mol. The second-order valence-electron chi connectivity index (χ2n) is 9.13. The molecule has 0 spiro atoms. The number of allylic oxidation sites excluding steroid dienone is 1. The van der Waals surface area contributed by atoms with E-state index in [1.54, 1.807) is 0 Å². The zero-order valence-corrected chi connectivity index (χ0v) is 20.2. The molecule has 1 aliphatic rings. The third-order valence-electron chi connectivity index (χ3n) is 7.15. The molecule has 0 bridgehead atoms. The van der Waals surface area contributed by atoms with Gasteiger partial charge in [-0.25, -0.2) is 0 Å². The van der Waals surface area contributed by atoms with Gasteiger partial charge in [0.1, 0.15) is 0 Å². The number of benzene rings is 5. The summed E-state index contributed by atoms with van der Waals surface area (Å²) in [6.45, 7) is 2.41. The van der Waals surface area contributed by atoms with Gasteiger partial charge in [0, 0.05) is 10.4 Å². The third kappa shape index (κ3) is 3.43. The molecule has 0 radical (unpaired) electrons. The standard InChI is InChI=1S/C32H25Br/c1-21-20-30-29(19-18-24(21)26-17-9-13-22-10-5-6-14-25(22)26)32(33)28-16-8-7-15-27(28)31(30)23-11-3-2-4-12-23/h2-19,21,24H,20H2,1H3. The summed E-state index contributed by atoms with van der Waals surface area (Å²) in [4.78, 5) is 0. The van der Waals surface area contributed by atoms with Crippen LogP contribution in [0.4, 0.5) is 0 Å². The van der Waals surface area contributed by atoms with Crippen molar-refractivity contribution in [2.45, 2.75) is 19.3 Å². The topological polar surface area (TPSA) is 0 Å². The Kier molecular flexibility index (Phi) is 5.15. The van der Waals surface area contributed by atoms with Crippen LogP contribution in [0.5, 0.6) is 0 Å². The van der Waals surface area contributed by atoms with Crippen molar-refractivity contribution in [3.63, 3.8) is 0 Å². The lowest BCUT2D eigenvalue weighted by Crippen LogP contribution is -2.11. The largest absolute Gasteiger partial charge is 0.0761 e. The van der Waals surface area contributed by atoms with Crippen LogP contribution in [-0.4, -0.2) is 0 Å². The molecular formula is C32H25Br. The molecule has 0 saturated heterocycles. The van der Waals surface area contributed by atoms with Crippen molar-refractivity contribution in [2.75, 3.05) is 0 Å². The zero-order valence-electron chi connectivity index (χ0n) is 18.6. The van der Waals surface area contributed by atoms with Crippen LogP contribution < -0.4 is 0 Å². The third-order valence-corrected chi connectivity index (χ3v) is 8.00. The average molecular weight is 489 g/mol. The van der Waals surface area contributed by atoms with Crippen LogP contribution in [-0.2, 0) is 6.42 Å². The van der Waals surface area contributed by atoms with Gasteiger partial charge in [0.25, 0.3) is 0 Å². The lowest BCUT2D eigenvalue weighted by atomic mass is 9.80. The van der Waals surface area contributed by atoms with Crippen molar-refractivity contribution < 1.29 is 0 Å². The molecule has 1 heteroatoms. The van der Waals surface area contributed by atoms with Gasteiger partial charge in [0.05, 0.1) is 0 Å². The van der Waals surface area contributed by atoms with Crippen LogP contribution in [0.25, 0.3) is 38.7 Å². The Labute approximate surface area is 203 Å². The molecule has 0 heterocycles. The first kappa shape index (κ1) is 20.4. The Morgan fingerprint density at radius 3 is 2.18 bits per heavy atom. The second kappa shape index (κ2) is 8.32. The van der Waals surface area contributed by atoms with Crippen LogP contribution in [0.1, 0.15) is 29.5 Å². The maximum absolute atomic E-state index is 3.99. The number of hydrogen-bond acceptors (Lipinski definition) is 0. The Morgan fingerprint density at radius 1 is 0.697 bits per heavy atom. The monoisotopic (exact) mass is 488 g/mol. The second-order valence-corrected chi connectivity index (χ2v) is 9.92. The molecule has 0 aromatic heterocycles. The summed E-state index contributed by atoms with van der Waals surface area (Å²) in [5.41, 5.74) is 6.85. The van der Waals surface area contributed by atoms with Crippen molar-refractivity contribution in [2.24, 2.45) is 5.92 Å². The van der Waals surface area contributed by atoms with Crippen molar-refractivity contribution in [3.05, 3.63) is 124 Å². The van der Waals surface area contributed by atoms with E-state index in [9.17, 15) is 0 Å². The maximum Gasteiger partial charge on any atom is 0.0329 e. The summed E-state index contributed by atoms with van der Waals surface area (Å²) in [5.74, 6) is 0.839. The van der Waals surface area contributed by atoms with Gasteiger partial charge in [-0.05, 0) is 77.6 Å². The van der Waals surface area contributed by atoms with Crippen LogP contribution in [0, 0.1) is 5.92 Å². The van der Waals surface area contributed by atoms with E-state index in [0.29, 0.717) is 11.8 Å². The predicted molar refractivity (Wildman–Crippen MR) is 146 cm³/mol. The van der Waals surface area contributed by atoms with E-state index in [1.807, 2.05) is 0 Å². The Balaban J connectivity index is 1.58. The quantitative estimate of drug-likeness (QED) is 0.232. The molecule has 33 heavy (non-hydrogen) atoms. The van der Waals surface area contributed by atoms with Gasteiger partial charge in [-0.2, -0.15) is 0 Å². The van der Waals surface area contributed by atoms with E-state index in [2.05, 4.69) is 132 Å². The first-order valence-corrected chi connectivity index (χ1v) is 12.5. The molecule has 0 amide bonds. The van der Waals surface area contributed by atoms with E-state index >= 15 is 0 Å². The van der Waals surface area contributed by atoms with Gasteiger partial charge in [0.2, 0.25) is 0 Å². The molecule has 1 aliphatic carbocycles. The lowest BCUT2D eigenvalue weighted by molar-refractivity contribution is 0.528. The predicted octanol–water partition coefficient (Wildman–Crippen LogP) is 9.41. The SMILES string of the molecule is CC1Cc2c(c(Br)c3ccccc3c2-c2ccccc2)C=CC1c1cccc2ccccc12. The summed E-state index contributed by atoms with van der Waals surface area (Å²) in [6, 6.07) is 35.2. The number of rotatable bonds is 2. The van der Waals surface area contributed by atoms with Crippen LogP contribution >= 0.6 is 15.9 Å². The van der Waals surface area contributed by atoms with Gasteiger partial charge in [-0.15, -0.1) is 0 Å². The Bertz CT molecular complexity index is 1510. The van der Waals surface area contributed by atoms with Gasteiger partial charge in [-0.3, -0.25) is 0 Å². The first-order valence-electron chi connectivity index (χ1n) is 11.7. The van der Waals surface area contributed by atoms with Gasteiger partial charge >= 0.3 is 0 Å². The maximum atomic E-state index is 3.99. The molecule has 160 valence electrons. The molecule has 0 N–H and O–H groups in total. The van der Waals surface area contributed by atoms with Crippen molar-refractivity contribution in [1.82, 2.24) is 0 Å². The highest BCUT2D eigenvalue weighted by molar-refractivity contribution is 9.10. The minimum Gasteiger partial charge on any atom is -0.0761 e. The molecule has 0 aliphatic heterocycles. The van der Waals surface area contributed by atoms with E-state index in [0.717, 1.165) is 6.42 Å². The zero-order chi connectivity index (χ0) is 22.4. The fourth-order valence-electron chi connectivity index (χ4n) is 5.58. The summed E-state index contributed by atoms with van der Waals surface area (Å²) in [7, 11) is 0. The summed E-state index contributed by atoms with van der Waals surface area (Å²) in [5, 5.41) is 5.27. The van der Waals surface area contributed by atoms with Gasteiger partial charge < -0.3 is 0 Å². The molecule has 5 aromatic rings. The minimum absolute atomic E-state index is 0.363. The summed E-state index contributed by atoms with van der Waals surface area (Å²) >= 11 is 3.99. The van der Waals surface area contributed by atoms with Crippen LogP contribution in [0.15, 0.2) is 108 Å². The molecule has 2 unspecified atom stereocenters. The molecule has 0 fully saturated rings.